The van der Waals surface area contributed by atoms with Crippen molar-refractivity contribution < 1.29 is 19.1 Å². The van der Waals surface area contributed by atoms with Crippen LogP contribution in [0, 0.1) is 5.41 Å². The van der Waals surface area contributed by atoms with Crippen LogP contribution in [0.1, 0.15) is 31.1 Å². The minimum Gasteiger partial charge on any atom is -0.490 e. The third kappa shape index (κ3) is 8.12. The number of hydrogen-bond donors (Lipinski definition) is 3. The maximum absolute atomic E-state index is 12.8. The van der Waals surface area contributed by atoms with Crippen LogP contribution < -0.4 is 25.4 Å². The summed E-state index contributed by atoms with van der Waals surface area (Å²) in [5.41, 5.74) is 1.09. The van der Waals surface area contributed by atoms with Gasteiger partial charge < -0.3 is 20.1 Å². The Morgan fingerprint density at radius 2 is 1.43 bits per heavy atom. The maximum Gasteiger partial charge on any atom is 0.261 e. The van der Waals surface area contributed by atoms with Gasteiger partial charge in [-0.05, 0) is 54.7 Å². The summed E-state index contributed by atoms with van der Waals surface area (Å²) in [6, 6.07) is 23.4. The molecule has 8 heteroatoms. The van der Waals surface area contributed by atoms with Gasteiger partial charge in [-0.25, -0.2) is 0 Å². The molecule has 0 spiro atoms. The van der Waals surface area contributed by atoms with Gasteiger partial charge in [-0.3, -0.25) is 14.9 Å². The lowest BCUT2D eigenvalue weighted by atomic mass is 9.95. The number of carbonyl (C=O) groups is 2. The van der Waals surface area contributed by atoms with Gasteiger partial charge in [0, 0.05) is 16.8 Å². The summed E-state index contributed by atoms with van der Waals surface area (Å²) in [5, 5.41) is 8.63. The van der Waals surface area contributed by atoms with Crippen molar-refractivity contribution in [1.29, 1.82) is 0 Å². The van der Waals surface area contributed by atoms with E-state index in [1.54, 1.807) is 48.5 Å². The second kappa shape index (κ2) is 12.0. The van der Waals surface area contributed by atoms with Crippen LogP contribution in [-0.4, -0.2) is 30.1 Å². The normalized spacial score (nSPS) is 10.7. The van der Waals surface area contributed by atoms with E-state index in [-0.39, 0.29) is 17.6 Å². The first-order valence-electron chi connectivity index (χ1n) is 11.2. The molecule has 0 aromatic heterocycles. The van der Waals surface area contributed by atoms with Crippen molar-refractivity contribution in [2.75, 3.05) is 23.8 Å². The molecular weight excluding hydrogens is 462 g/mol. The molecule has 0 saturated heterocycles. The van der Waals surface area contributed by atoms with Gasteiger partial charge in [0.2, 0.25) is 5.91 Å². The van der Waals surface area contributed by atoms with Crippen LogP contribution in [0.5, 0.6) is 11.5 Å². The van der Waals surface area contributed by atoms with Crippen LogP contribution in [0.3, 0.4) is 0 Å². The van der Waals surface area contributed by atoms with Crippen molar-refractivity contribution in [1.82, 2.24) is 5.32 Å². The van der Waals surface area contributed by atoms with E-state index in [0.717, 1.165) is 5.75 Å². The van der Waals surface area contributed by atoms with Crippen LogP contribution >= 0.6 is 12.2 Å². The van der Waals surface area contributed by atoms with E-state index >= 15 is 0 Å². The molecule has 7 nitrogen and oxygen atoms in total. The zero-order valence-corrected chi connectivity index (χ0v) is 20.8. The first-order valence-corrected chi connectivity index (χ1v) is 11.6. The van der Waals surface area contributed by atoms with E-state index in [2.05, 4.69) is 16.0 Å². The Morgan fingerprint density at radius 3 is 2.14 bits per heavy atom. The van der Waals surface area contributed by atoms with Crippen molar-refractivity contribution >= 4 is 40.5 Å². The number of nitrogens with one attached hydrogen (secondary N) is 3. The fourth-order valence-electron chi connectivity index (χ4n) is 2.93. The van der Waals surface area contributed by atoms with Gasteiger partial charge >= 0.3 is 0 Å². The minimum absolute atomic E-state index is 0.101. The molecule has 0 fully saturated rings. The Labute approximate surface area is 210 Å². The van der Waals surface area contributed by atoms with E-state index in [4.69, 9.17) is 21.7 Å². The van der Waals surface area contributed by atoms with Crippen LogP contribution in [-0.2, 0) is 4.79 Å². The third-order valence-electron chi connectivity index (χ3n) is 4.77. The lowest BCUT2D eigenvalue weighted by Gasteiger charge is -2.18. The first-order chi connectivity index (χ1) is 16.7. The zero-order valence-electron chi connectivity index (χ0n) is 20.0. The van der Waals surface area contributed by atoms with Crippen molar-refractivity contribution in [2.24, 2.45) is 5.41 Å². The Hall–Kier alpha value is -3.91. The number of hydrogen-bond acceptors (Lipinski definition) is 5. The zero-order chi connectivity index (χ0) is 25.3. The van der Waals surface area contributed by atoms with Crippen LogP contribution in [0.25, 0.3) is 0 Å². The van der Waals surface area contributed by atoms with E-state index < -0.39 is 11.3 Å². The highest BCUT2D eigenvalue weighted by molar-refractivity contribution is 7.80. The molecule has 2 amide bonds. The Balaban J connectivity index is 1.55. The number of ether oxygens (including phenoxy) is 2. The summed E-state index contributed by atoms with van der Waals surface area (Å²) in [5.74, 6) is 0.674. The lowest BCUT2D eigenvalue weighted by molar-refractivity contribution is -0.123. The molecule has 182 valence electrons. The van der Waals surface area contributed by atoms with Crippen molar-refractivity contribution in [3.63, 3.8) is 0 Å². The summed E-state index contributed by atoms with van der Waals surface area (Å²) in [4.78, 5) is 25.1. The molecule has 35 heavy (non-hydrogen) atoms. The fraction of sp³-hybridized carbons (Fsp3) is 0.222. The summed E-state index contributed by atoms with van der Waals surface area (Å²) in [6.07, 6.45) is 0. The SMILES string of the molecule is CC(C)(C)C(=O)Nc1cccc(NC(=S)NC(=O)c2ccccc2OCCOc2ccccc2)c1. The second-order valence-electron chi connectivity index (χ2n) is 8.70. The van der Waals surface area contributed by atoms with Gasteiger partial charge in [-0.15, -0.1) is 0 Å². The summed E-state index contributed by atoms with van der Waals surface area (Å²) in [6.45, 7) is 6.13. The van der Waals surface area contributed by atoms with Gasteiger partial charge in [0.1, 0.15) is 24.7 Å². The number of thiocarbonyl (C=S) groups is 1. The topological polar surface area (TPSA) is 88.7 Å². The monoisotopic (exact) mass is 491 g/mol. The van der Waals surface area contributed by atoms with E-state index in [9.17, 15) is 9.59 Å². The molecular formula is C27H29N3O4S. The molecule has 0 heterocycles. The molecule has 3 rings (SSSR count). The quantitative estimate of drug-likeness (QED) is 0.294. The van der Waals surface area contributed by atoms with Crippen molar-refractivity contribution in [2.45, 2.75) is 20.8 Å². The molecule has 0 aliphatic rings. The molecule has 3 aromatic rings. The molecule has 0 saturated carbocycles. The Bertz CT molecular complexity index is 1180. The fourth-order valence-corrected chi connectivity index (χ4v) is 3.14. The molecule has 0 aliphatic heterocycles. The second-order valence-corrected chi connectivity index (χ2v) is 9.11. The van der Waals surface area contributed by atoms with Crippen molar-refractivity contribution in [3.05, 3.63) is 84.4 Å². The molecule has 0 radical (unpaired) electrons. The largest absolute Gasteiger partial charge is 0.490 e. The van der Waals surface area contributed by atoms with Crippen LogP contribution in [0.4, 0.5) is 11.4 Å². The Kier molecular flexibility index (Phi) is 8.80. The standard InChI is InChI=1S/C27H29N3O4S/c1-27(2,3)25(32)28-19-10-9-11-20(18-19)29-26(35)30-24(31)22-14-7-8-15-23(22)34-17-16-33-21-12-5-4-6-13-21/h4-15,18H,16-17H2,1-3H3,(H,28,32)(H2,29,30,31,35). The Morgan fingerprint density at radius 1 is 0.800 bits per heavy atom. The highest BCUT2D eigenvalue weighted by atomic mass is 32.1. The van der Waals surface area contributed by atoms with Gasteiger partial charge in [0.25, 0.3) is 5.91 Å². The number of anilines is 2. The van der Waals surface area contributed by atoms with Crippen molar-refractivity contribution in [3.8, 4) is 11.5 Å². The summed E-state index contributed by atoms with van der Waals surface area (Å²) >= 11 is 5.32. The third-order valence-corrected chi connectivity index (χ3v) is 4.98. The van der Waals surface area contributed by atoms with Crippen LogP contribution in [0.2, 0.25) is 0 Å². The average Bonchev–Trinajstić information content (AvgIpc) is 2.82. The van der Waals surface area contributed by atoms with Gasteiger partial charge in [-0.2, -0.15) is 0 Å². The number of benzene rings is 3. The van der Waals surface area contributed by atoms with Gasteiger partial charge in [0.05, 0.1) is 5.56 Å². The van der Waals surface area contributed by atoms with E-state index in [1.165, 1.54) is 0 Å². The van der Waals surface area contributed by atoms with Gasteiger partial charge in [-0.1, -0.05) is 57.2 Å². The number of amides is 2. The van der Waals surface area contributed by atoms with Crippen LogP contribution in [0.15, 0.2) is 78.9 Å². The predicted molar refractivity (Wildman–Crippen MR) is 142 cm³/mol. The molecule has 0 unspecified atom stereocenters. The maximum atomic E-state index is 12.8. The summed E-state index contributed by atoms with van der Waals surface area (Å²) in [7, 11) is 0. The molecule has 0 aliphatic carbocycles. The highest BCUT2D eigenvalue weighted by Crippen LogP contribution is 2.21. The minimum atomic E-state index is -0.518. The van der Waals surface area contributed by atoms with E-state index in [1.807, 2.05) is 51.1 Å². The predicted octanol–water partition coefficient (Wildman–Crippen LogP) is 5.26. The first kappa shape index (κ1) is 25.7. The van der Waals surface area contributed by atoms with E-state index in [0.29, 0.717) is 29.3 Å². The molecule has 3 N–H and O–H groups in total. The number of rotatable bonds is 8. The summed E-state index contributed by atoms with van der Waals surface area (Å²) < 4.78 is 11.4. The number of carbonyl (C=O) groups excluding carboxylic acids is 2. The smallest absolute Gasteiger partial charge is 0.261 e. The molecule has 0 bridgehead atoms. The van der Waals surface area contributed by atoms with Gasteiger partial charge in [0.15, 0.2) is 5.11 Å². The molecule has 0 atom stereocenters. The number of para-hydroxylation sites is 2. The lowest BCUT2D eigenvalue weighted by Crippen LogP contribution is -2.34. The molecule has 3 aromatic carbocycles. The average molecular weight is 492 g/mol. The highest BCUT2D eigenvalue weighted by Gasteiger charge is 2.21.